The molecule has 2 amide bonds. The van der Waals surface area contributed by atoms with Crippen LogP contribution in [-0.2, 0) is 16.1 Å². The molecule has 28 heavy (non-hydrogen) atoms. The van der Waals surface area contributed by atoms with Gasteiger partial charge in [-0.05, 0) is 49.9 Å². The number of carbonyl (C=O) groups excluding carboxylic acids is 2. The van der Waals surface area contributed by atoms with Crippen LogP contribution < -0.4 is 5.32 Å². The highest BCUT2D eigenvalue weighted by atomic mass is 35.5. The highest BCUT2D eigenvalue weighted by Crippen LogP contribution is 2.41. The summed E-state index contributed by atoms with van der Waals surface area (Å²) in [5, 5.41) is 3.24. The third-order valence-corrected chi connectivity index (χ3v) is 5.87. The Labute approximate surface area is 168 Å². The molecule has 0 bridgehead atoms. The van der Waals surface area contributed by atoms with Crippen molar-refractivity contribution in [2.24, 2.45) is 0 Å². The molecule has 1 spiro atoms. The van der Waals surface area contributed by atoms with Gasteiger partial charge in [-0.25, -0.2) is 0 Å². The third kappa shape index (κ3) is 3.54. The largest absolute Gasteiger partial charge is 0.467 e. The summed E-state index contributed by atoms with van der Waals surface area (Å²) in [6.07, 6.45) is 6.05. The Kier molecular flexibility index (Phi) is 5.42. The molecule has 1 N–H and O–H groups in total. The normalized spacial score (nSPS) is 21.0. The third-order valence-electron chi connectivity index (χ3n) is 5.54. The smallest absolute Gasteiger partial charge is 0.258 e. The Morgan fingerprint density at radius 2 is 1.93 bits per heavy atom. The van der Waals surface area contributed by atoms with Crippen molar-refractivity contribution in [1.82, 2.24) is 10.2 Å². The van der Waals surface area contributed by atoms with Crippen molar-refractivity contribution in [3.8, 4) is 0 Å². The van der Waals surface area contributed by atoms with Gasteiger partial charge in [0.15, 0.2) is 0 Å². The van der Waals surface area contributed by atoms with Gasteiger partial charge in [0.1, 0.15) is 17.5 Å². The van der Waals surface area contributed by atoms with Crippen LogP contribution in [0.4, 0.5) is 0 Å². The van der Waals surface area contributed by atoms with Gasteiger partial charge >= 0.3 is 0 Å². The number of furan rings is 1. The first kappa shape index (κ1) is 19.0. The van der Waals surface area contributed by atoms with Crippen molar-refractivity contribution in [1.29, 1.82) is 0 Å². The lowest BCUT2D eigenvalue weighted by molar-refractivity contribution is -0.127. The van der Waals surface area contributed by atoms with E-state index >= 15 is 0 Å². The van der Waals surface area contributed by atoms with Crippen LogP contribution in [-0.4, -0.2) is 35.1 Å². The number of benzene rings is 1. The lowest BCUT2D eigenvalue weighted by Gasteiger charge is -2.41. The molecule has 6 nitrogen and oxygen atoms in total. The minimum atomic E-state index is -0.735. The van der Waals surface area contributed by atoms with Gasteiger partial charge in [0.05, 0.1) is 30.0 Å². The number of hydrogen-bond donors (Lipinski definition) is 1. The molecule has 1 aromatic carbocycles. The Morgan fingerprint density at radius 1 is 1.14 bits per heavy atom. The maximum Gasteiger partial charge on any atom is 0.258 e. The standard InChI is InChI=1S/C21H23ClN2O4/c22-17-9-3-2-8-16(17)20(26)24-18(14-28-21(24)10-4-1-5-11-21)19(25)23-13-15-7-6-12-27-15/h2-3,6-9,12,18H,1,4-5,10-11,13-14H2,(H,23,25)/t18-/m1/s1. The molecule has 1 aliphatic heterocycles. The van der Waals surface area contributed by atoms with Gasteiger partial charge in [-0.15, -0.1) is 0 Å². The van der Waals surface area contributed by atoms with Crippen LogP contribution in [0.5, 0.6) is 0 Å². The van der Waals surface area contributed by atoms with E-state index in [4.69, 9.17) is 20.8 Å². The molecule has 1 saturated carbocycles. The van der Waals surface area contributed by atoms with Gasteiger partial charge in [-0.1, -0.05) is 30.2 Å². The second-order valence-corrected chi connectivity index (χ2v) is 7.69. The van der Waals surface area contributed by atoms with E-state index in [0.29, 0.717) is 16.3 Å². The topological polar surface area (TPSA) is 71.8 Å². The molecule has 148 valence electrons. The Bertz CT molecular complexity index is 846. The maximum absolute atomic E-state index is 13.5. The monoisotopic (exact) mass is 402 g/mol. The molecule has 2 heterocycles. The SMILES string of the molecule is O=C(NCc1ccco1)[C@H]1COC2(CCCCC2)N1C(=O)c1ccccc1Cl. The summed E-state index contributed by atoms with van der Waals surface area (Å²) in [7, 11) is 0. The zero-order chi connectivity index (χ0) is 19.6. The number of ether oxygens (including phenoxy) is 1. The predicted octanol–water partition coefficient (Wildman–Crippen LogP) is 3.75. The fraction of sp³-hybridized carbons (Fsp3) is 0.429. The molecule has 1 aromatic heterocycles. The summed E-state index contributed by atoms with van der Waals surface area (Å²) >= 11 is 6.28. The highest BCUT2D eigenvalue weighted by molar-refractivity contribution is 6.33. The van der Waals surface area contributed by atoms with Gasteiger partial charge in [0.2, 0.25) is 5.91 Å². The van der Waals surface area contributed by atoms with E-state index in [2.05, 4.69) is 5.32 Å². The van der Waals surface area contributed by atoms with Crippen molar-refractivity contribution < 1.29 is 18.7 Å². The lowest BCUT2D eigenvalue weighted by Crippen LogP contribution is -2.56. The number of rotatable bonds is 4. The molecule has 4 rings (SSSR count). The van der Waals surface area contributed by atoms with E-state index in [9.17, 15) is 9.59 Å². The first-order chi connectivity index (χ1) is 13.6. The van der Waals surface area contributed by atoms with E-state index in [1.807, 2.05) is 0 Å². The molecule has 2 aliphatic rings. The van der Waals surface area contributed by atoms with Crippen LogP contribution in [0.25, 0.3) is 0 Å². The van der Waals surface area contributed by atoms with Gasteiger partial charge in [0.25, 0.3) is 5.91 Å². The second-order valence-electron chi connectivity index (χ2n) is 7.29. The van der Waals surface area contributed by atoms with Gasteiger partial charge in [0, 0.05) is 0 Å². The minimum Gasteiger partial charge on any atom is -0.467 e. The van der Waals surface area contributed by atoms with Gasteiger partial charge in [-0.3, -0.25) is 14.5 Å². The number of nitrogens with one attached hydrogen (secondary N) is 1. The average Bonchev–Trinajstić information content (AvgIpc) is 3.35. The fourth-order valence-corrected chi connectivity index (χ4v) is 4.36. The fourth-order valence-electron chi connectivity index (χ4n) is 4.14. The summed E-state index contributed by atoms with van der Waals surface area (Å²) in [5.74, 6) is 0.144. The molecular weight excluding hydrogens is 380 g/mol. The molecule has 1 aliphatic carbocycles. The number of halogens is 1. The van der Waals surface area contributed by atoms with Crippen molar-refractivity contribution in [3.05, 3.63) is 59.0 Å². The summed E-state index contributed by atoms with van der Waals surface area (Å²) < 4.78 is 11.4. The quantitative estimate of drug-likeness (QED) is 0.845. The van der Waals surface area contributed by atoms with Crippen molar-refractivity contribution in [3.63, 3.8) is 0 Å². The summed E-state index contributed by atoms with van der Waals surface area (Å²) in [6, 6.07) is 9.80. The second kappa shape index (κ2) is 7.97. The zero-order valence-electron chi connectivity index (χ0n) is 15.5. The van der Waals surface area contributed by atoms with Crippen LogP contribution in [0, 0.1) is 0 Å². The van der Waals surface area contributed by atoms with Crippen molar-refractivity contribution >= 4 is 23.4 Å². The van der Waals surface area contributed by atoms with E-state index in [-0.39, 0.29) is 25.0 Å². The lowest BCUT2D eigenvalue weighted by atomic mass is 9.89. The minimum absolute atomic E-state index is 0.181. The predicted molar refractivity (Wildman–Crippen MR) is 104 cm³/mol. The average molecular weight is 403 g/mol. The van der Waals surface area contributed by atoms with Crippen LogP contribution in [0.1, 0.15) is 48.2 Å². The van der Waals surface area contributed by atoms with E-state index in [1.165, 1.54) is 0 Å². The summed E-state index contributed by atoms with van der Waals surface area (Å²) in [6.45, 7) is 0.448. The number of carbonyl (C=O) groups is 2. The number of amides is 2. The maximum atomic E-state index is 13.5. The molecule has 0 radical (unpaired) electrons. The van der Waals surface area contributed by atoms with Crippen LogP contribution in [0.3, 0.4) is 0 Å². The van der Waals surface area contributed by atoms with Gasteiger partial charge < -0.3 is 14.5 Å². The highest BCUT2D eigenvalue weighted by Gasteiger charge is 2.53. The first-order valence-electron chi connectivity index (χ1n) is 9.63. The van der Waals surface area contributed by atoms with Crippen molar-refractivity contribution in [2.45, 2.75) is 50.4 Å². The van der Waals surface area contributed by atoms with Gasteiger partial charge in [-0.2, -0.15) is 0 Å². The molecule has 1 atom stereocenters. The van der Waals surface area contributed by atoms with Crippen LogP contribution in [0.15, 0.2) is 47.1 Å². The zero-order valence-corrected chi connectivity index (χ0v) is 16.3. The van der Waals surface area contributed by atoms with Crippen molar-refractivity contribution in [2.75, 3.05) is 6.61 Å². The van der Waals surface area contributed by atoms with Crippen LogP contribution >= 0.6 is 11.6 Å². The van der Waals surface area contributed by atoms with E-state index in [0.717, 1.165) is 32.1 Å². The van der Waals surface area contributed by atoms with E-state index in [1.54, 1.807) is 47.6 Å². The molecule has 0 unspecified atom stereocenters. The first-order valence-corrected chi connectivity index (χ1v) is 10.0. The molecule has 2 fully saturated rings. The molecular formula is C21H23ClN2O4. The molecule has 2 aromatic rings. The summed E-state index contributed by atoms with van der Waals surface area (Å²) in [5.41, 5.74) is -0.343. The Balaban J connectivity index is 1.60. The van der Waals surface area contributed by atoms with Crippen LogP contribution in [0.2, 0.25) is 5.02 Å². The number of nitrogens with zero attached hydrogens (tertiary/aromatic N) is 1. The summed E-state index contributed by atoms with van der Waals surface area (Å²) in [4.78, 5) is 28.0. The molecule has 7 heteroatoms. The number of hydrogen-bond acceptors (Lipinski definition) is 4. The molecule has 1 saturated heterocycles. The Hall–Kier alpha value is -2.31. The van der Waals surface area contributed by atoms with E-state index < -0.39 is 11.8 Å². The Morgan fingerprint density at radius 3 is 2.64 bits per heavy atom.